The van der Waals surface area contributed by atoms with Crippen LogP contribution in [0.2, 0.25) is 0 Å². The van der Waals surface area contributed by atoms with Crippen LogP contribution in [-0.4, -0.2) is 42.9 Å². The number of aliphatic hydroxyl groups excluding tert-OH is 1. The van der Waals surface area contributed by atoms with Crippen LogP contribution in [0.4, 0.5) is 4.39 Å². The van der Waals surface area contributed by atoms with Crippen LogP contribution < -0.4 is 10.6 Å². The molecule has 0 amide bonds. The highest BCUT2D eigenvalue weighted by molar-refractivity contribution is 14.0. The Bertz CT molecular complexity index is 641. The smallest absolute Gasteiger partial charge is 0.191 e. The molecular weight excluding hydrogens is 448 g/mol. The number of guanidine groups is 1. The van der Waals surface area contributed by atoms with Crippen molar-refractivity contribution in [3.8, 4) is 0 Å². The minimum atomic E-state index is -0.964. The first-order valence-electron chi connectivity index (χ1n) is 9.04. The number of nitrogens with one attached hydrogen (secondary N) is 2. The summed E-state index contributed by atoms with van der Waals surface area (Å²) < 4.78 is 19.6. The second-order valence-electron chi connectivity index (χ2n) is 7.44. The van der Waals surface area contributed by atoms with Crippen LogP contribution >= 0.6 is 24.0 Å². The van der Waals surface area contributed by atoms with E-state index < -0.39 is 11.9 Å². The lowest BCUT2D eigenvalue weighted by Crippen LogP contribution is -2.68. The predicted octanol–water partition coefficient (Wildman–Crippen LogP) is 2.85. The molecule has 1 aromatic carbocycles. The van der Waals surface area contributed by atoms with Gasteiger partial charge >= 0.3 is 0 Å². The number of nitrogens with zero attached hydrogens (tertiary/aromatic N) is 1. The number of ether oxygens (including phenoxy) is 1. The lowest BCUT2D eigenvalue weighted by Gasteiger charge is -2.54. The molecule has 4 atom stereocenters. The number of rotatable bonds is 5. The van der Waals surface area contributed by atoms with E-state index >= 15 is 0 Å². The number of aliphatic hydroxyl groups is 1. The summed E-state index contributed by atoms with van der Waals surface area (Å²) in [4.78, 5) is 4.47. The largest absolute Gasteiger partial charge is 0.386 e. The molecule has 1 aromatic rings. The molecule has 5 nitrogen and oxygen atoms in total. The van der Waals surface area contributed by atoms with Crippen LogP contribution in [0, 0.1) is 17.2 Å². The highest BCUT2D eigenvalue weighted by Gasteiger charge is 2.59. The number of aliphatic imine (C=N–C) groups is 1. The molecule has 4 unspecified atom stereocenters. The van der Waals surface area contributed by atoms with Crippen LogP contribution in [0.25, 0.3) is 0 Å². The standard InChI is InChI=1S/C19H28FN3O2.HI/c1-4-21-18(22-11-15(24)12-7-5-6-8-14(12)20)23-16-13-9-10-25-17(13)19(16,2)3;/h5-8,13,15-17,24H,4,9-11H2,1-3H3,(H2,21,22,23);1H. The van der Waals surface area contributed by atoms with Gasteiger partial charge in [0.25, 0.3) is 0 Å². The van der Waals surface area contributed by atoms with E-state index in [1.54, 1.807) is 18.2 Å². The summed E-state index contributed by atoms with van der Waals surface area (Å²) in [5.74, 6) is 0.742. The Morgan fingerprint density at radius 3 is 2.85 bits per heavy atom. The molecule has 1 saturated carbocycles. The zero-order valence-electron chi connectivity index (χ0n) is 15.5. The van der Waals surface area contributed by atoms with E-state index in [4.69, 9.17) is 4.74 Å². The van der Waals surface area contributed by atoms with Crippen LogP contribution in [0.1, 0.15) is 38.9 Å². The molecule has 3 rings (SSSR count). The average molecular weight is 477 g/mol. The molecule has 0 radical (unpaired) electrons. The van der Waals surface area contributed by atoms with Crippen molar-refractivity contribution in [1.29, 1.82) is 0 Å². The Morgan fingerprint density at radius 1 is 1.42 bits per heavy atom. The molecule has 1 aliphatic carbocycles. The number of fused-ring (bicyclic) bond motifs is 1. The summed E-state index contributed by atoms with van der Waals surface area (Å²) >= 11 is 0. The molecule has 0 bridgehead atoms. The van der Waals surface area contributed by atoms with Crippen LogP contribution in [-0.2, 0) is 4.74 Å². The quantitative estimate of drug-likeness (QED) is 0.347. The Labute approximate surface area is 171 Å². The lowest BCUT2D eigenvalue weighted by atomic mass is 9.57. The zero-order chi connectivity index (χ0) is 18.0. The van der Waals surface area contributed by atoms with E-state index in [0.29, 0.717) is 18.0 Å². The average Bonchev–Trinajstić information content (AvgIpc) is 3.04. The van der Waals surface area contributed by atoms with Crippen molar-refractivity contribution in [2.24, 2.45) is 16.3 Å². The second kappa shape index (κ2) is 8.84. The summed E-state index contributed by atoms with van der Waals surface area (Å²) in [5, 5.41) is 17.0. The van der Waals surface area contributed by atoms with Crippen molar-refractivity contribution in [1.82, 2.24) is 10.6 Å². The maximum absolute atomic E-state index is 13.8. The first kappa shape index (κ1) is 21.4. The van der Waals surface area contributed by atoms with Crippen LogP contribution in [0.5, 0.6) is 0 Å². The molecular formula is C19H29FIN3O2. The second-order valence-corrected chi connectivity index (χ2v) is 7.44. The van der Waals surface area contributed by atoms with Gasteiger partial charge in [-0.15, -0.1) is 24.0 Å². The molecule has 1 saturated heterocycles. The van der Waals surface area contributed by atoms with Crippen LogP contribution in [0.3, 0.4) is 0 Å². The van der Waals surface area contributed by atoms with Crippen molar-refractivity contribution in [3.63, 3.8) is 0 Å². The first-order chi connectivity index (χ1) is 11.9. The molecule has 26 heavy (non-hydrogen) atoms. The third-order valence-electron chi connectivity index (χ3n) is 5.42. The summed E-state index contributed by atoms with van der Waals surface area (Å²) in [5.41, 5.74) is 0.317. The minimum Gasteiger partial charge on any atom is -0.386 e. The maximum atomic E-state index is 13.8. The summed E-state index contributed by atoms with van der Waals surface area (Å²) in [7, 11) is 0. The Hall–Kier alpha value is -0.930. The van der Waals surface area contributed by atoms with Crippen LogP contribution in [0.15, 0.2) is 29.3 Å². The number of halogens is 2. The van der Waals surface area contributed by atoms with Crippen molar-refractivity contribution in [3.05, 3.63) is 35.6 Å². The van der Waals surface area contributed by atoms with Gasteiger partial charge in [0, 0.05) is 36.1 Å². The molecule has 2 aliphatic rings. The monoisotopic (exact) mass is 477 g/mol. The van der Waals surface area contributed by atoms with Gasteiger partial charge in [-0.1, -0.05) is 32.0 Å². The molecule has 3 N–H and O–H groups in total. The summed E-state index contributed by atoms with van der Waals surface area (Å²) in [6.07, 6.45) is 0.397. The zero-order valence-corrected chi connectivity index (χ0v) is 17.9. The molecule has 7 heteroatoms. The molecule has 1 aliphatic heterocycles. The van der Waals surface area contributed by atoms with Gasteiger partial charge in [0.2, 0.25) is 0 Å². The topological polar surface area (TPSA) is 65.9 Å². The number of hydrogen-bond donors (Lipinski definition) is 3. The fourth-order valence-electron chi connectivity index (χ4n) is 4.11. The summed E-state index contributed by atoms with van der Waals surface area (Å²) in [6, 6.07) is 6.54. The van der Waals surface area contributed by atoms with E-state index in [2.05, 4.69) is 29.5 Å². The highest BCUT2D eigenvalue weighted by Crippen LogP contribution is 2.52. The molecule has 1 heterocycles. The minimum absolute atomic E-state index is 0. The Balaban J connectivity index is 0.00000243. The maximum Gasteiger partial charge on any atom is 0.191 e. The number of hydrogen-bond acceptors (Lipinski definition) is 3. The third-order valence-corrected chi connectivity index (χ3v) is 5.42. The number of benzene rings is 1. The molecule has 0 spiro atoms. The molecule has 146 valence electrons. The Morgan fingerprint density at radius 2 is 2.15 bits per heavy atom. The van der Waals surface area contributed by atoms with Gasteiger partial charge in [0.05, 0.1) is 12.6 Å². The van der Waals surface area contributed by atoms with E-state index in [1.165, 1.54) is 6.07 Å². The van der Waals surface area contributed by atoms with Gasteiger partial charge in [-0.25, -0.2) is 4.39 Å². The lowest BCUT2D eigenvalue weighted by molar-refractivity contribution is -0.106. The Kier molecular flexibility index (Phi) is 7.27. The van der Waals surface area contributed by atoms with E-state index in [1.807, 2.05) is 6.92 Å². The molecule has 2 fully saturated rings. The first-order valence-corrected chi connectivity index (χ1v) is 9.04. The molecule has 0 aromatic heterocycles. The van der Waals surface area contributed by atoms with Crippen molar-refractivity contribution in [2.45, 2.75) is 45.4 Å². The fourth-order valence-corrected chi connectivity index (χ4v) is 4.11. The van der Waals surface area contributed by atoms with Crippen molar-refractivity contribution in [2.75, 3.05) is 19.7 Å². The van der Waals surface area contributed by atoms with Gasteiger partial charge in [0.15, 0.2) is 5.96 Å². The SMILES string of the molecule is CCNC(=NCC(O)c1ccccc1F)NC1C2CCOC2C1(C)C.I. The predicted molar refractivity (Wildman–Crippen MR) is 111 cm³/mol. The van der Waals surface area contributed by atoms with Gasteiger partial charge in [0.1, 0.15) is 11.9 Å². The van der Waals surface area contributed by atoms with Gasteiger partial charge in [-0.05, 0) is 19.4 Å². The van der Waals surface area contributed by atoms with Crippen molar-refractivity contribution < 1.29 is 14.2 Å². The van der Waals surface area contributed by atoms with Gasteiger partial charge < -0.3 is 20.5 Å². The van der Waals surface area contributed by atoms with Crippen molar-refractivity contribution >= 4 is 29.9 Å². The van der Waals surface area contributed by atoms with Gasteiger partial charge in [-0.2, -0.15) is 0 Å². The summed E-state index contributed by atoms with van der Waals surface area (Å²) in [6.45, 7) is 8.05. The highest BCUT2D eigenvalue weighted by atomic mass is 127. The van der Waals surface area contributed by atoms with Gasteiger partial charge in [-0.3, -0.25) is 4.99 Å². The third kappa shape index (κ3) is 4.14. The normalized spacial score (nSPS) is 27.7. The fraction of sp³-hybridized carbons (Fsp3) is 0.632. The van der Waals surface area contributed by atoms with E-state index in [-0.39, 0.29) is 47.5 Å². The van der Waals surface area contributed by atoms with E-state index in [9.17, 15) is 9.50 Å². The van der Waals surface area contributed by atoms with E-state index in [0.717, 1.165) is 19.6 Å².